The SMILES string of the molecule is CN(C)C(=NCc1ccccc1)NCCc1c[nH]c2ccccc12. The van der Waals surface area contributed by atoms with Gasteiger partial charge in [-0.2, -0.15) is 0 Å². The molecule has 0 aliphatic heterocycles. The number of para-hydroxylation sites is 1. The number of nitrogens with one attached hydrogen (secondary N) is 2. The molecule has 0 saturated carbocycles. The molecular weight excluding hydrogens is 296 g/mol. The first-order valence-corrected chi connectivity index (χ1v) is 8.28. The van der Waals surface area contributed by atoms with Crippen LogP contribution in [0.4, 0.5) is 0 Å². The number of hydrogen-bond acceptors (Lipinski definition) is 1. The third-order valence-corrected chi connectivity index (χ3v) is 4.03. The fourth-order valence-electron chi connectivity index (χ4n) is 2.75. The zero-order chi connectivity index (χ0) is 16.8. The number of aromatic nitrogens is 1. The molecule has 3 aromatic rings. The van der Waals surface area contributed by atoms with E-state index in [4.69, 9.17) is 4.99 Å². The number of aliphatic imine (C=N–C) groups is 1. The molecule has 1 aromatic heterocycles. The Bertz CT molecular complexity index is 803. The van der Waals surface area contributed by atoms with E-state index in [1.54, 1.807) is 0 Å². The Kier molecular flexibility index (Phi) is 5.16. The molecule has 2 aromatic carbocycles. The Morgan fingerprint density at radius 2 is 1.79 bits per heavy atom. The van der Waals surface area contributed by atoms with Crippen molar-refractivity contribution < 1.29 is 0 Å². The van der Waals surface area contributed by atoms with Gasteiger partial charge in [-0.15, -0.1) is 0 Å². The fourth-order valence-corrected chi connectivity index (χ4v) is 2.75. The van der Waals surface area contributed by atoms with Crippen molar-refractivity contribution in [1.82, 2.24) is 15.2 Å². The third-order valence-electron chi connectivity index (χ3n) is 4.03. The highest BCUT2D eigenvalue weighted by molar-refractivity contribution is 5.83. The summed E-state index contributed by atoms with van der Waals surface area (Å²) in [6.45, 7) is 1.54. The standard InChI is InChI=1S/C20H24N4/c1-24(2)20(23-14-16-8-4-3-5-9-16)21-13-12-17-15-22-19-11-7-6-10-18(17)19/h3-11,15,22H,12-14H2,1-2H3,(H,21,23). The lowest BCUT2D eigenvalue weighted by Crippen LogP contribution is -2.37. The van der Waals surface area contributed by atoms with E-state index in [0.29, 0.717) is 6.54 Å². The molecule has 4 heteroatoms. The van der Waals surface area contributed by atoms with Crippen LogP contribution in [0.3, 0.4) is 0 Å². The molecule has 124 valence electrons. The molecule has 0 aliphatic carbocycles. The van der Waals surface area contributed by atoms with Gasteiger partial charge in [0.1, 0.15) is 0 Å². The molecule has 0 bridgehead atoms. The summed E-state index contributed by atoms with van der Waals surface area (Å²) in [5.41, 5.74) is 3.74. The van der Waals surface area contributed by atoms with E-state index in [9.17, 15) is 0 Å². The average molecular weight is 320 g/mol. The molecule has 0 unspecified atom stereocenters. The Morgan fingerprint density at radius 3 is 2.58 bits per heavy atom. The summed E-state index contributed by atoms with van der Waals surface area (Å²) in [5, 5.41) is 4.75. The topological polar surface area (TPSA) is 43.4 Å². The quantitative estimate of drug-likeness (QED) is 0.559. The molecule has 1 heterocycles. The first kappa shape index (κ1) is 16.1. The second kappa shape index (κ2) is 7.68. The van der Waals surface area contributed by atoms with Gasteiger partial charge in [0, 0.05) is 37.7 Å². The Morgan fingerprint density at radius 1 is 1.04 bits per heavy atom. The van der Waals surface area contributed by atoms with Crippen LogP contribution < -0.4 is 5.32 Å². The molecule has 3 rings (SSSR count). The summed E-state index contributed by atoms with van der Waals surface area (Å²) in [4.78, 5) is 10.1. The summed E-state index contributed by atoms with van der Waals surface area (Å²) in [5.74, 6) is 0.915. The van der Waals surface area contributed by atoms with Crippen LogP contribution in [0, 0.1) is 0 Å². The second-order valence-corrected chi connectivity index (χ2v) is 6.06. The largest absolute Gasteiger partial charge is 0.361 e. The number of aromatic amines is 1. The second-order valence-electron chi connectivity index (χ2n) is 6.06. The van der Waals surface area contributed by atoms with Gasteiger partial charge < -0.3 is 15.2 Å². The van der Waals surface area contributed by atoms with Crippen molar-refractivity contribution in [3.63, 3.8) is 0 Å². The Balaban J connectivity index is 1.60. The average Bonchev–Trinajstić information content (AvgIpc) is 3.02. The summed E-state index contributed by atoms with van der Waals surface area (Å²) >= 11 is 0. The number of fused-ring (bicyclic) bond motifs is 1. The van der Waals surface area contributed by atoms with Gasteiger partial charge in [-0.05, 0) is 23.6 Å². The molecule has 0 fully saturated rings. The van der Waals surface area contributed by atoms with Crippen molar-refractivity contribution in [3.05, 3.63) is 71.9 Å². The lowest BCUT2D eigenvalue weighted by molar-refractivity contribution is 0.579. The van der Waals surface area contributed by atoms with Crippen molar-refractivity contribution in [1.29, 1.82) is 0 Å². The van der Waals surface area contributed by atoms with E-state index >= 15 is 0 Å². The number of nitrogens with zero attached hydrogens (tertiary/aromatic N) is 2. The predicted octanol–water partition coefficient (Wildman–Crippen LogP) is 3.42. The lowest BCUT2D eigenvalue weighted by Gasteiger charge is -2.17. The Hall–Kier alpha value is -2.75. The zero-order valence-electron chi connectivity index (χ0n) is 14.3. The van der Waals surface area contributed by atoms with Crippen molar-refractivity contribution in [3.8, 4) is 0 Å². The van der Waals surface area contributed by atoms with Crippen molar-refractivity contribution in [2.75, 3.05) is 20.6 Å². The van der Waals surface area contributed by atoms with Crippen LogP contribution in [0.15, 0.2) is 65.8 Å². The molecule has 0 radical (unpaired) electrons. The van der Waals surface area contributed by atoms with E-state index in [0.717, 1.165) is 18.9 Å². The summed E-state index contributed by atoms with van der Waals surface area (Å²) < 4.78 is 0. The minimum absolute atomic E-state index is 0.689. The maximum Gasteiger partial charge on any atom is 0.193 e. The highest BCUT2D eigenvalue weighted by Gasteiger charge is 2.05. The van der Waals surface area contributed by atoms with Gasteiger partial charge in [-0.1, -0.05) is 48.5 Å². The third kappa shape index (κ3) is 3.96. The molecule has 0 aliphatic rings. The first-order chi connectivity index (χ1) is 11.7. The van der Waals surface area contributed by atoms with Crippen LogP contribution >= 0.6 is 0 Å². The number of benzene rings is 2. The zero-order valence-corrected chi connectivity index (χ0v) is 14.3. The van der Waals surface area contributed by atoms with Crippen LogP contribution in [0.5, 0.6) is 0 Å². The smallest absolute Gasteiger partial charge is 0.193 e. The molecular formula is C20H24N4. The molecule has 0 saturated heterocycles. The summed E-state index contributed by atoms with van der Waals surface area (Å²) in [6.07, 6.45) is 3.06. The van der Waals surface area contributed by atoms with Crippen LogP contribution in [-0.2, 0) is 13.0 Å². The monoisotopic (exact) mass is 320 g/mol. The van der Waals surface area contributed by atoms with Gasteiger partial charge in [0.15, 0.2) is 5.96 Å². The van der Waals surface area contributed by atoms with Gasteiger partial charge in [-0.25, -0.2) is 4.99 Å². The summed E-state index contributed by atoms with van der Waals surface area (Å²) in [7, 11) is 4.03. The maximum atomic E-state index is 4.70. The number of guanidine groups is 1. The molecule has 0 atom stereocenters. The maximum absolute atomic E-state index is 4.70. The minimum atomic E-state index is 0.689. The van der Waals surface area contributed by atoms with E-state index in [2.05, 4.69) is 52.9 Å². The van der Waals surface area contributed by atoms with Crippen LogP contribution in [0.2, 0.25) is 0 Å². The number of rotatable bonds is 5. The fraction of sp³-hybridized carbons (Fsp3) is 0.250. The minimum Gasteiger partial charge on any atom is -0.361 e. The predicted molar refractivity (Wildman–Crippen MR) is 101 cm³/mol. The van der Waals surface area contributed by atoms with Crippen LogP contribution in [-0.4, -0.2) is 36.5 Å². The molecule has 0 spiro atoms. The molecule has 4 nitrogen and oxygen atoms in total. The van der Waals surface area contributed by atoms with Crippen LogP contribution in [0.25, 0.3) is 10.9 Å². The highest BCUT2D eigenvalue weighted by Crippen LogP contribution is 2.17. The Labute approximate surface area is 143 Å². The van der Waals surface area contributed by atoms with E-state index < -0.39 is 0 Å². The van der Waals surface area contributed by atoms with Crippen molar-refractivity contribution >= 4 is 16.9 Å². The van der Waals surface area contributed by atoms with Gasteiger partial charge in [0.25, 0.3) is 0 Å². The summed E-state index contributed by atoms with van der Waals surface area (Å²) in [6, 6.07) is 18.7. The molecule has 24 heavy (non-hydrogen) atoms. The van der Waals surface area contributed by atoms with Gasteiger partial charge in [0.2, 0.25) is 0 Å². The number of H-pyrrole nitrogens is 1. The molecule has 2 N–H and O–H groups in total. The first-order valence-electron chi connectivity index (χ1n) is 8.28. The highest BCUT2D eigenvalue weighted by atomic mass is 15.3. The van der Waals surface area contributed by atoms with E-state index in [1.165, 1.54) is 22.0 Å². The normalized spacial score (nSPS) is 11.7. The van der Waals surface area contributed by atoms with E-state index in [1.807, 2.05) is 37.2 Å². The van der Waals surface area contributed by atoms with Gasteiger partial charge >= 0.3 is 0 Å². The molecule has 0 amide bonds. The van der Waals surface area contributed by atoms with E-state index in [-0.39, 0.29) is 0 Å². The van der Waals surface area contributed by atoms with Gasteiger partial charge in [0.05, 0.1) is 6.54 Å². The lowest BCUT2D eigenvalue weighted by atomic mass is 10.1. The van der Waals surface area contributed by atoms with Gasteiger partial charge in [-0.3, -0.25) is 0 Å². The van der Waals surface area contributed by atoms with Crippen molar-refractivity contribution in [2.24, 2.45) is 4.99 Å². The number of hydrogen-bond donors (Lipinski definition) is 2. The van der Waals surface area contributed by atoms with Crippen molar-refractivity contribution in [2.45, 2.75) is 13.0 Å². The van der Waals surface area contributed by atoms with Crippen LogP contribution in [0.1, 0.15) is 11.1 Å².